The molecule has 0 atom stereocenters. The fourth-order valence-electron chi connectivity index (χ4n) is 2.07. The summed E-state index contributed by atoms with van der Waals surface area (Å²) in [7, 11) is 0. The molecule has 1 rings (SSSR count). The highest BCUT2D eigenvalue weighted by Crippen LogP contribution is 2.19. The van der Waals surface area contributed by atoms with Crippen molar-refractivity contribution in [1.82, 2.24) is 0 Å². The number of unbranched alkanes of at least 4 members (excludes halogenated alkanes) is 6. The summed E-state index contributed by atoms with van der Waals surface area (Å²) in [4.78, 5) is 0. The topological polar surface area (TPSA) is 9.23 Å². The molecular formula is C18H24ClFO. The van der Waals surface area contributed by atoms with Gasteiger partial charge in [-0.05, 0) is 24.6 Å². The molecule has 3 heteroatoms. The van der Waals surface area contributed by atoms with Gasteiger partial charge in [-0.15, -0.1) is 11.6 Å². The largest absolute Gasteiger partial charge is 0.490 e. The Morgan fingerprint density at radius 3 is 2.52 bits per heavy atom. The van der Waals surface area contributed by atoms with E-state index >= 15 is 0 Å². The van der Waals surface area contributed by atoms with Gasteiger partial charge in [0.1, 0.15) is 0 Å². The monoisotopic (exact) mass is 310 g/mol. The van der Waals surface area contributed by atoms with Crippen molar-refractivity contribution in [2.45, 2.75) is 51.9 Å². The normalized spacial score (nSPS) is 10.0. The van der Waals surface area contributed by atoms with Crippen molar-refractivity contribution in [3.05, 3.63) is 29.6 Å². The van der Waals surface area contributed by atoms with E-state index in [2.05, 4.69) is 18.8 Å². The van der Waals surface area contributed by atoms with Crippen molar-refractivity contribution in [3.8, 4) is 17.6 Å². The second kappa shape index (κ2) is 11.5. The van der Waals surface area contributed by atoms with Crippen LogP contribution in [0.25, 0.3) is 0 Å². The highest BCUT2D eigenvalue weighted by molar-refractivity contribution is 6.19. The SMILES string of the molecule is CCCCCCCCCOc1cc(C#CCCl)ccc1F. The lowest BCUT2D eigenvalue weighted by Gasteiger charge is -2.07. The molecule has 1 aromatic carbocycles. The third-order valence-electron chi connectivity index (χ3n) is 3.24. The molecule has 116 valence electrons. The van der Waals surface area contributed by atoms with Crippen LogP contribution in [-0.4, -0.2) is 12.5 Å². The van der Waals surface area contributed by atoms with E-state index in [1.165, 1.54) is 38.2 Å². The van der Waals surface area contributed by atoms with Gasteiger partial charge in [0.15, 0.2) is 11.6 Å². The molecule has 0 heterocycles. The second-order valence-electron chi connectivity index (χ2n) is 5.05. The first-order valence-electron chi connectivity index (χ1n) is 7.75. The zero-order chi connectivity index (χ0) is 15.3. The van der Waals surface area contributed by atoms with Gasteiger partial charge in [0.05, 0.1) is 12.5 Å². The molecular weight excluding hydrogens is 287 g/mol. The highest BCUT2D eigenvalue weighted by atomic mass is 35.5. The van der Waals surface area contributed by atoms with Gasteiger partial charge in [0, 0.05) is 5.56 Å². The van der Waals surface area contributed by atoms with Gasteiger partial charge in [0.25, 0.3) is 0 Å². The first-order chi connectivity index (χ1) is 10.3. The minimum absolute atomic E-state index is 0.269. The van der Waals surface area contributed by atoms with Crippen LogP contribution in [0.5, 0.6) is 5.75 Å². The Bertz CT molecular complexity index is 462. The van der Waals surface area contributed by atoms with E-state index in [1.54, 1.807) is 12.1 Å². The average Bonchev–Trinajstić information content (AvgIpc) is 2.50. The maximum atomic E-state index is 13.6. The van der Waals surface area contributed by atoms with E-state index in [-0.39, 0.29) is 17.4 Å². The quantitative estimate of drug-likeness (QED) is 0.330. The Morgan fingerprint density at radius 1 is 1.10 bits per heavy atom. The van der Waals surface area contributed by atoms with Crippen LogP contribution in [0.1, 0.15) is 57.4 Å². The number of benzene rings is 1. The lowest BCUT2D eigenvalue weighted by Crippen LogP contribution is -1.99. The summed E-state index contributed by atoms with van der Waals surface area (Å²) in [6, 6.07) is 4.66. The Labute approximate surface area is 132 Å². The molecule has 0 radical (unpaired) electrons. The zero-order valence-electron chi connectivity index (χ0n) is 12.8. The third kappa shape index (κ3) is 7.97. The summed E-state index contributed by atoms with van der Waals surface area (Å²) in [5.74, 6) is 5.82. The predicted octanol–water partition coefficient (Wildman–Crippen LogP) is 5.55. The molecule has 0 aliphatic rings. The van der Waals surface area contributed by atoms with Gasteiger partial charge < -0.3 is 4.74 Å². The molecule has 0 aromatic heterocycles. The first kappa shape index (κ1) is 17.9. The number of hydrogen-bond donors (Lipinski definition) is 0. The summed E-state index contributed by atoms with van der Waals surface area (Å²) in [6.45, 7) is 2.77. The number of ether oxygens (including phenoxy) is 1. The van der Waals surface area contributed by atoms with E-state index in [9.17, 15) is 4.39 Å². The van der Waals surface area contributed by atoms with E-state index in [0.29, 0.717) is 6.61 Å². The van der Waals surface area contributed by atoms with E-state index in [0.717, 1.165) is 18.4 Å². The molecule has 21 heavy (non-hydrogen) atoms. The standard InChI is InChI=1S/C18H24ClFO/c1-2-3-4-5-6-7-8-14-21-18-15-16(10-9-13-19)11-12-17(18)20/h11-12,15H,2-8,13-14H2,1H3. The van der Waals surface area contributed by atoms with Crippen LogP contribution >= 0.6 is 11.6 Å². The lowest BCUT2D eigenvalue weighted by atomic mass is 10.1. The summed E-state index contributed by atoms with van der Waals surface area (Å²) < 4.78 is 19.1. The minimum atomic E-state index is -0.339. The molecule has 0 fully saturated rings. The van der Waals surface area contributed by atoms with Crippen molar-refractivity contribution >= 4 is 11.6 Å². The van der Waals surface area contributed by atoms with Crippen molar-refractivity contribution in [2.24, 2.45) is 0 Å². The van der Waals surface area contributed by atoms with Crippen LogP contribution in [0.2, 0.25) is 0 Å². The van der Waals surface area contributed by atoms with Crippen LogP contribution in [0.4, 0.5) is 4.39 Å². The van der Waals surface area contributed by atoms with Gasteiger partial charge >= 0.3 is 0 Å². The van der Waals surface area contributed by atoms with Crippen molar-refractivity contribution < 1.29 is 9.13 Å². The van der Waals surface area contributed by atoms with Crippen LogP contribution in [0.15, 0.2) is 18.2 Å². The lowest BCUT2D eigenvalue weighted by molar-refractivity contribution is 0.290. The molecule has 0 aliphatic carbocycles. The molecule has 0 amide bonds. The first-order valence-corrected chi connectivity index (χ1v) is 8.28. The Hall–Kier alpha value is -1.20. The number of halogens is 2. The van der Waals surface area contributed by atoms with Gasteiger partial charge in [-0.2, -0.15) is 0 Å². The summed E-state index contributed by atoms with van der Waals surface area (Å²) in [5.41, 5.74) is 0.728. The number of hydrogen-bond acceptors (Lipinski definition) is 1. The Balaban J connectivity index is 2.28. The van der Waals surface area contributed by atoms with Crippen molar-refractivity contribution in [2.75, 3.05) is 12.5 Å². The average molecular weight is 311 g/mol. The highest BCUT2D eigenvalue weighted by Gasteiger charge is 2.03. The van der Waals surface area contributed by atoms with E-state index in [1.807, 2.05) is 0 Å². The van der Waals surface area contributed by atoms with Gasteiger partial charge in [-0.1, -0.05) is 57.3 Å². The maximum absolute atomic E-state index is 13.6. The summed E-state index contributed by atoms with van der Waals surface area (Å²) in [5, 5.41) is 0. The summed E-state index contributed by atoms with van der Waals surface area (Å²) >= 11 is 5.51. The van der Waals surface area contributed by atoms with Crippen LogP contribution in [0.3, 0.4) is 0 Å². The minimum Gasteiger partial charge on any atom is -0.490 e. The summed E-state index contributed by atoms with van der Waals surface area (Å²) in [6.07, 6.45) is 8.51. The fourth-order valence-corrected chi connectivity index (χ4v) is 2.14. The third-order valence-corrected chi connectivity index (χ3v) is 3.37. The molecule has 0 bridgehead atoms. The Morgan fingerprint density at radius 2 is 1.81 bits per heavy atom. The molecule has 0 saturated heterocycles. The van der Waals surface area contributed by atoms with Gasteiger partial charge in [-0.3, -0.25) is 0 Å². The van der Waals surface area contributed by atoms with E-state index < -0.39 is 0 Å². The smallest absolute Gasteiger partial charge is 0.165 e. The molecule has 0 unspecified atom stereocenters. The predicted molar refractivity (Wildman–Crippen MR) is 87.5 cm³/mol. The molecule has 0 N–H and O–H groups in total. The number of rotatable bonds is 9. The van der Waals surface area contributed by atoms with Crippen LogP contribution in [-0.2, 0) is 0 Å². The second-order valence-corrected chi connectivity index (χ2v) is 5.32. The van der Waals surface area contributed by atoms with Crippen molar-refractivity contribution in [1.29, 1.82) is 0 Å². The van der Waals surface area contributed by atoms with Gasteiger partial charge in [-0.25, -0.2) is 4.39 Å². The number of alkyl halides is 1. The molecule has 1 nitrogen and oxygen atoms in total. The molecule has 1 aromatic rings. The molecule has 0 spiro atoms. The molecule has 0 aliphatic heterocycles. The Kier molecular flexibility index (Phi) is 9.74. The fraction of sp³-hybridized carbons (Fsp3) is 0.556. The molecule has 0 saturated carbocycles. The van der Waals surface area contributed by atoms with Crippen molar-refractivity contribution in [3.63, 3.8) is 0 Å². The van der Waals surface area contributed by atoms with Crippen LogP contribution in [0, 0.1) is 17.7 Å². The van der Waals surface area contributed by atoms with E-state index in [4.69, 9.17) is 16.3 Å². The zero-order valence-corrected chi connectivity index (χ0v) is 13.5. The maximum Gasteiger partial charge on any atom is 0.165 e. The van der Waals surface area contributed by atoms with Gasteiger partial charge in [0.2, 0.25) is 0 Å². The van der Waals surface area contributed by atoms with Crippen LogP contribution < -0.4 is 4.74 Å².